The van der Waals surface area contributed by atoms with E-state index >= 15 is 0 Å². The zero-order valence-electron chi connectivity index (χ0n) is 11.7. The first-order valence-corrected chi connectivity index (χ1v) is 6.69. The Balaban J connectivity index is 2.21. The van der Waals surface area contributed by atoms with Gasteiger partial charge in [0, 0.05) is 32.7 Å². The quantitative estimate of drug-likeness (QED) is 0.670. The van der Waals surface area contributed by atoms with Crippen LogP contribution in [0.1, 0.15) is 19.4 Å². The molecule has 2 unspecified atom stereocenters. The number of hydrogen-bond donors (Lipinski definition) is 1. The predicted molar refractivity (Wildman–Crippen MR) is 76.2 cm³/mol. The van der Waals surface area contributed by atoms with Crippen LogP contribution in [0.3, 0.4) is 0 Å². The number of rotatable bonds is 4. The topological polar surface area (TPSA) is 58.4 Å². The molecule has 1 aliphatic heterocycles. The van der Waals surface area contributed by atoms with Gasteiger partial charge in [-0.3, -0.25) is 15.0 Å². The summed E-state index contributed by atoms with van der Waals surface area (Å²) in [6, 6.07) is 5.27. The number of likely N-dealkylation sites (tertiary alicyclic amines) is 1. The highest BCUT2D eigenvalue weighted by atomic mass is 16.6. The van der Waals surface area contributed by atoms with Gasteiger partial charge in [0.05, 0.1) is 4.92 Å². The zero-order chi connectivity index (χ0) is 14.0. The molecular weight excluding hydrogens is 242 g/mol. The molecule has 1 aromatic rings. The average Bonchev–Trinajstić information content (AvgIpc) is 2.67. The van der Waals surface area contributed by atoms with E-state index in [2.05, 4.69) is 24.1 Å². The first-order chi connectivity index (χ1) is 9.02. The molecule has 1 N–H and O–H groups in total. The molecule has 1 aromatic carbocycles. The second kappa shape index (κ2) is 5.57. The molecule has 0 amide bonds. The number of nitro benzene ring substituents is 1. The molecule has 104 valence electrons. The van der Waals surface area contributed by atoms with Crippen molar-refractivity contribution in [3.63, 3.8) is 0 Å². The van der Waals surface area contributed by atoms with Gasteiger partial charge in [-0.25, -0.2) is 0 Å². The molecule has 0 spiro atoms. The third-order valence-corrected chi connectivity index (χ3v) is 4.03. The second-order valence-corrected chi connectivity index (χ2v) is 5.47. The highest BCUT2D eigenvalue weighted by molar-refractivity contribution is 5.66. The van der Waals surface area contributed by atoms with Gasteiger partial charge in [-0.2, -0.15) is 0 Å². The maximum Gasteiger partial charge on any atom is 0.292 e. The molecule has 0 aromatic heterocycles. The summed E-state index contributed by atoms with van der Waals surface area (Å²) in [5.41, 5.74) is 1.79. The van der Waals surface area contributed by atoms with Crippen LogP contribution in [0.5, 0.6) is 0 Å². The Hall–Kier alpha value is -1.62. The lowest BCUT2D eigenvalue weighted by molar-refractivity contribution is -0.384. The minimum absolute atomic E-state index is 0.153. The molecule has 0 radical (unpaired) electrons. The fourth-order valence-corrected chi connectivity index (χ4v) is 2.78. The molecule has 2 rings (SSSR count). The van der Waals surface area contributed by atoms with E-state index in [1.54, 1.807) is 19.2 Å². The largest absolute Gasteiger partial charge is 0.382 e. The van der Waals surface area contributed by atoms with Crippen LogP contribution in [0, 0.1) is 22.0 Å². The van der Waals surface area contributed by atoms with Crippen molar-refractivity contribution in [1.82, 2.24) is 4.90 Å². The maximum absolute atomic E-state index is 11.0. The van der Waals surface area contributed by atoms with Crippen molar-refractivity contribution in [3.8, 4) is 0 Å². The first-order valence-electron chi connectivity index (χ1n) is 6.69. The molecule has 0 aliphatic carbocycles. The molecule has 5 heteroatoms. The van der Waals surface area contributed by atoms with Crippen LogP contribution in [0.15, 0.2) is 18.2 Å². The summed E-state index contributed by atoms with van der Waals surface area (Å²) in [5, 5.41) is 14.0. The number of anilines is 1. The fourth-order valence-electron chi connectivity index (χ4n) is 2.78. The van der Waals surface area contributed by atoms with E-state index in [0.29, 0.717) is 17.5 Å². The van der Waals surface area contributed by atoms with Gasteiger partial charge in [0.15, 0.2) is 0 Å². The highest BCUT2D eigenvalue weighted by Gasteiger charge is 2.27. The highest BCUT2D eigenvalue weighted by Crippen LogP contribution is 2.31. The number of hydrogen-bond acceptors (Lipinski definition) is 4. The van der Waals surface area contributed by atoms with Crippen LogP contribution in [0.2, 0.25) is 0 Å². The molecule has 1 heterocycles. The molecule has 1 aliphatic rings. The SMILES string of the molecule is CNc1c(CN2CC(C)C(C)C2)cccc1[N+](=O)[O-]. The molecule has 0 bridgehead atoms. The fraction of sp³-hybridized carbons (Fsp3) is 0.571. The van der Waals surface area contributed by atoms with Gasteiger partial charge in [-0.1, -0.05) is 26.0 Å². The smallest absolute Gasteiger partial charge is 0.292 e. The van der Waals surface area contributed by atoms with Gasteiger partial charge in [0.2, 0.25) is 0 Å². The summed E-state index contributed by atoms with van der Waals surface area (Å²) in [6.45, 7) is 7.42. The Labute approximate surface area is 113 Å². The minimum Gasteiger partial charge on any atom is -0.382 e. The summed E-state index contributed by atoms with van der Waals surface area (Å²) in [4.78, 5) is 13.1. The van der Waals surface area contributed by atoms with Crippen LogP contribution in [-0.2, 0) is 6.54 Å². The van der Waals surface area contributed by atoms with E-state index in [-0.39, 0.29) is 10.6 Å². The van der Waals surface area contributed by atoms with Crippen LogP contribution in [0.4, 0.5) is 11.4 Å². The first kappa shape index (κ1) is 13.8. The molecule has 0 saturated carbocycles. The molecule has 1 fully saturated rings. The van der Waals surface area contributed by atoms with E-state index < -0.39 is 0 Å². The lowest BCUT2D eigenvalue weighted by Gasteiger charge is -2.17. The second-order valence-electron chi connectivity index (χ2n) is 5.47. The third-order valence-electron chi connectivity index (χ3n) is 4.03. The van der Waals surface area contributed by atoms with Gasteiger partial charge < -0.3 is 5.32 Å². The van der Waals surface area contributed by atoms with Crippen LogP contribution >= 0.6 is 0 Å². The standard InChI is InChI=1S/C14H21N3O2/c1-10-7-16(8-11(10)2)9-12-5-4-6-13(17(18)19)14(12)15-3/h4-6,10-11,15H,7-9H2,1-3H3. The number of nitrogens with zero attached hydrogens (tertiary/aromatic N) is 2. The van der Waals surface area contributed by atoms with E-state index in [4.69, 9.17) is 0 Å². The van der Waals surface area contributed by atoms with Crippen molar-refractivity contribution in [2.24, 2.45) is 11.8 Å². The minimum atomic E-state index is -0.329. The van der Waals surface area contributed by atoms with Crippen molar-refractivity contribution in [1.29, 1.82) is 0 Å². The van der Waals surface area contributed by atoms with Crippen LogP contribution in [-0.4, -0.2) is 30.0 Å². The van der Waals surface area contributed by atoms with E-state index in [1.165, 1.54) is 0 Å². The van der Waals surface area contributed by atoms with Gasteiger partial charge in [-0.05, 0) is 17.4 Å². The van der Waals surface area contributed by atoms with Crippen molar-refractivity contribution in [2.75, 3.05) is 25.5 Å². The van der Waals surface area contributed by atoms with Gasteiger partial charge in [0.25, 0.3) is 5.69 Å². The number of nitro groups is 1. The Kier molecular flexibility index (Phi) is 4.04. The Morgan fingerprint density at radius 1 is 1.37 bits per heavy atom. The monoisotopic (exact) mass is 263 g/mol. The molecule has 5 nitrogen and oxygen atoms in total. The Morgan fingerprint density at radius 3 is 2.53 bits per heavy atom. The zero-order valence-corrected chi connectivity index (χ0v) is 11.7. The maximum atomic E-state index is 11.0. The van der Waals surface area contributed by atoms with Crippen LogP contribution < -0.4 is 5.32 Å². The molecular formula is C14H21N3O2. The molecule has 19 heavy (non-hydrogen) atoms. The third kappa shape index (κ3) is 2.87. The summed E-state index contributed by atoms with van der Waals surface area (Å²) in [7, 11) is 1.74. The lowest BCUT2D eigenvalue weighted by Crippen LogP contribution is -2.21. The Bertz CT molecular complexity index is 466. The van der Waals surface area contributed by atoms with Crippen molar-refractivity contribution < 1.29 is 4.92 Å². The number of para-hydroxylation sites is 1. The average molecular weight is 263 g/mol. The van der Waals surface area contributed by atoms with Gasteiger partial charge in [0.1, 0.15) is 5.69 Å². The number of nitrogens with one attached hydrogen (secondary N) is 1. The number of benzene rings is 1. The van der Waals surface area contributed by atoms with E-state index in [9.17, 15) is 10.1 Å². The van der Waals surface area contributed by atoms with Crippen LogP contribution in [0.25, 0.3) is 0 Å². The predicted octanol–water partition coefficient (Wildman–Crippen LogP) is 2.72. The van der Waals surface area contributed by atoms with Crippen molar-refractivity contribution in [3.05, 3.63) is 33.9 Å². The van der Waals surface area contributed by atoms with Gasteiger partial charge >= 0.3 is 0 Å². The van der Waals surface area contributed by atoms with E-state index in [1.807, 2.05) is 6.07 Å². The van der Waals surface area contributed by atoms with Gasteiger partial charge in [-0.15, -0.1) is 0 Å². The van der Waals surface area contributed by atoms with Crippen molar-refractivity contribution in [2.45, 2.75) is 20.4 Å². The molecule has 1 saturated heterocycles. The lowest BCUT2D eigenvalue weighted by atomic mass is 10.0. The van der Waals surface area contributed by atoms with E-state index in [0.717, 1.165) is 25.2 Å². The summed E-state index contributed by atoms with van der Waals surface area (Å²) >= 11 is 0. The summed E-state index contributed by atoms with van der Waals surface area (Å²) in [5.74, 6) is 1.38. The van der Waals surface area contributed by atoms with Crippen molar-refractivity contribution >= 4 is 11.4 Å². The Morgan fingerprint density at radius 2 is 2.00 bits per heavy atom. The normalized spacial score (nSPS) is 23.5. The summed E-state index contributed by atoms with van der Waals surface area (Å²) in [6.07, 6.45) is 0. The molecule has 2 atom stereocenters. The summed E-state index contributed by atoms with van der Waals surface area (Å²) < 4.78 is 0.